The number of aldehydes is 1. The number of rotatable bonds is 2. The highest BCUT2D eigenvalue weighted by molar-refractivity contribution is 5.76. The zero-order valence-electron chi connectivity index (χ0n) is 7.55. The van der Waals surface area contributed by atoms with Crippen LogP contribution in [0, 0.1) is 0 Å². The summed E-state index contributed by atoms with van der Waals surface area (Å²) in [5.74, 6) is 0.483. The molecule has 14 heavy (non-hydrogen) atoms. The second-order valence-corrected chi connectivity index (χ2v) is 3.57. The first-order valence-electron chi connectivity index (χ1n) is 4.69. The van der Waals surface area contributed by atoms with Gasteiger partial charge < -0.3 is 0 Å². The minimum absolute atomic E-state index is 0.483. The number of carbonyl (C=O) groups is 1. The maximum atomic E-state index is 10.9. The first kappa shape index (κ1) is 7.67. The molecule has 2 heterocycles. The third-order valence-electron chi connectivity index (χ3n) is 2.53. The first-order valence-corrected chi connectivity index (χ1v) is 4.69. The van der Waals surface area contributed by atoms with Gasteiger partial charge in [0, 0.05) is 12.1 Å². The molecule has 0 aliphatic heterocycles. The number of aromatic nitrogens is 3. The average molecular weight is 187 g/mol. The number of carbonyl (C=O) groups excluding carboxylic acids is 1. The predicted molar refractivity (Wildman–Crippen MR) is 50.3 cm³/mol. The minimum Gasteiger partial charge on any atom is -0.296 e. The van der Waals surface area contributed by atoms with Crippen LogP contribution in [0.15, 0.2) is 18.3 Å². The second-order valence-electron chi connectivity index (χ2n) is 3.57. The molecule has 0 atom stereocenters. The zero-order valence-corrected chi connectivity index (χ0v) is 7.55. The summed E-state index contributed by atoms with van der Waals surface area (Å²) in [6.45, 7) is 0. The van der Waals surface area contributed by atoms with Crippen molar-refractivity contribution in [2.24, 2.45) is 0 Å². The summed E-state index contributed by atoms with van der Waals surface area (Å²) in [5.41, 5.74) is 2.29. The molecule has 0 amide bonds. The van der Waals surface area contributed by atoms with Crippen LogP contribution in [0.5, 0.6) is 0 Å². The summed E-state index contributed by atoms with van der Waals surface area (Å²) in [7, 11) is 0. The molecule has 0 saturated heterocycles. The molecule has 0 N–H and O–H groups in total. The van der Waals surface area contributed by atoms with Crippen molar-refractivity contribution in [2.45, 2.75) is 18.8 Å². The van der Waals surface area contributed by atoms with Gasteiger partial charge in [-0.3, -0.25) is 4.79 Å². The number of hydrogen-bond acceptors (Lipinski definition) is 3. The van der Waals surface area contributed by atoms with E-state index in [1.807, 2.05) is 12.1 Å². The maximum Gasteiger partial charge on any atom is 0.170 e. The molecule has 1 fully saturated rings. The topological polar surface area (TPSA) is 47.3 Å². The zero-order chi connectivity index (χ0) is 9.54. The van der Waals surface area contributed by atoms with Crippen LogP contribution in [0.4, 0.5) is 0 Å². The van der Waals surface area contributed by atoms with Crippen LogP contribution in [0.3, 0.4) is 0 Å². The van der Waals surface area contributed by atoms with Gasteiger partial charge in [-0.2, -0.15) is 5.10 Å². The van der Waals surface area contributed by atoms with E-state index >= 15 is 0 Å². The minimum atomic E-state index is 0.483. The van der Waals surface area contributed by atoms with Crippen LogP contribution in [0.25, 0.3) is 5.65 Å². The van der Waals surface area contributed by atoms with E-state index in [1.165, 1.54) is 0 Å². The van der Waals surface area contributed by atoms with Gasteiger partial charge in [0.25, 0.3) is 0 Å². The van der Waals surface area contributed by atoms with Crippen LogP contribution in [0.1, 0.15) is 34.9 Å². The van der Waals surface area contributed by atoms with Crippen molar-refractivity contribution in [1.29, 1.82) is 0 Å². The monoisotopic (exact) mass is 187 g/mol. The molecule has 0 bridgehead atoms. The lowest BCUT2D eigenvalue weighted by Gasteiger charge is -1.92. The van der Waals surface area contributed by atoms with Gasteiger partial charge in [-0.1, -0.05) is 0 Å². The summed E-state index contributed by atoms with van der Waals surface area (Å²) in [5, 5.41) is 4.11. The van der Waals surface area contributed by atoms with E-state index in [9.17, 15) is 4.79 Å². The van der Waals surface area contributed by atoms with E-state index in [0.29, 0.717) is 11.6 Å². The lowest BCUT2D eigenvalue weighted by molar-refractivity contribution is 0.111. The summed E-state index contributed by atoms with van der Waals surface area (Å²) in [6, 6.07) is 3.69. The van der Waals surface area contributed by atoms with E-state index < -0.39 is 0 Å². The molecule has 70 valence electrons. The van der Waals surface area contributed by atoms with Crippen molar-refractivity contribution in [1.82, 2.24) is 14.6 Å². The Morgan fingerprint density at radius 2 is 2.36 bits per heavy atom. The van der Waals surface area contributed by atoms with Crippen LogP contribution in [-0.4, -0.2) is 20.9 Å². The van der Waals surface area contributed by atoms with Crippen molar-refractivity contribution < 1.29 is 4.79 Å². The normalized spacial score (nSPS) is 16.0. The van der Waals surface area contributed by atoms with Crippen molar-refractivity contribution >= 4 is 11.9 Å². The summed E-state index contributed by atoms with van der Waals surface area (Å²) < 4.78 is 1.61. The van der Waals surface area contributed by atoms with Crippen LogP contribution >= 0.6 is 0 Å². The smallest absolute Gasteiger partial charge is 0.170 e. The Morgan fingerprint density at radius 3 is 3.07 bits per heavy atom. The largest absolute Gasteiger partial charge is 0.296 e. The molecule has 2 aromatic rings. The van der Waals surface area contributed by atoms with Crippen molar-refractivity contribution in [3.63, 3.8) is 0 Å². The van der Waals surface area contributed by atoms with Gasteiger partial charge in [-0.15, -0.1) is 0 Å². The summed E-state index contributed by atoms with van der Waals surface area (Å²) in [6.07, 6.45) is 4.80. The van der Waals surface area contributed by atoms with Crippen LogP contribution < -0.4 is 0 Å². The van der Waals surface area contributed by atoms with Gasteiger partial charge in [0.2, 0.25) is 0 Å². The van der Waals surface area contributed by atoms with Gasteiger partial charge in [-0.05, 0) is 25.0 Å². The highest BCUT2D eigenvalue weighted by Crippen LogP contribution is 2.40. The molecule has 0 radical (unpaired) electrons. The summed E-state index contributed by atoms with van der Waals surface area (Å²) in [4.78, 5) is 15.3. The van der Waals surface area contributed by atoms with Crippen molar-refractivity contribution in [3.8, 4) is 0 Å². The van der Waals surface area contributed by atoms with Gasteiger partial charge >= 0.3 is 0 Å². The lowest BCUT2D eigenvalue weighted by Crippen LogP contribution is -1.96. The maximum absolute atomic E-state index is 10.9. The molecule has 3 rings (SSSR count). The molecule has 2 aromatic heterocycles. The number of fused-ring (bicyclic) bond motifs is 1. The lowest BCUT2D eigenvalue weighted by atomic mass is 10.2. The Bertz CT molecular complexity index is 499. The molecule has 4 nitrogen and oxygen atoms in total. The van der Waals surface area contributed by atoms with E-state index in [2.05, 4.69) is 10.1 Å². The van der Waals surface area contributed by atoms with Crippen LogP contribution in [-0.2, 0) is 0 Å². The Kier molecular flexibility index (Phi) is 1.45. The molecular formula is C10H9N3O. The molecule has 1 aliphatic rings. The van der Waals surface area contributed by atoms with E-state index in [1.54, 1.807) is 10.7 Å². The first-order chi connectivity index (χ1) is 6.90. The molecule has 0 spiro atoms. The van der Waals surface area contributed by atoms with Gasteiger partial charge in [0.15, 0.2) is 11.9 Å². The Hall–Kier alpha value is -1.71. The van der Waals surface area contributed by atoms with E-state index in [-0.39, 0.29) is 0 Å². The van der Waals surface area contributed by atoms with E-state index in [0.717, 1.165) is 30.5 Å². The van der Waals surface area contributed by atoms with Crippen molar-refractivity contribution in [2.75, 3.05) is 0 Å². The highest BCUT2D eigenvalue weighted by Gasteiger charge is 2.30. The second kappa shape index (κ2) is 2.64. The standard InChI is InChI=1S/C10H9N3O/c14-6-8-10(7-3-4-7)12-9-2-1-5-11-13(8)9/h1-2,5-7H,3-4H2. The molecule has 0 aromatic carbocycles. The van der Waals surface area contributed by atoms with Gasteiger partial charge in [-0.25, -0.2) is 9.50 Å². The Balaban J connectivity index is 2.33. The fourth-order valence-corrected chi connectivity index (χ4v) is 1.69. The number of nitrogens with zero attached hydrogens (tertiary/aromatic N) is 3. The molecule has 4 heteroatoms. The molecular weight excluding hydrogens is 178 g/mol. The molecule has 1 saturated carbocycles. The molecule has 0 unspecified atom stereocenters. The Labute approximate surface area is 80.6 Å². The quantitative estimate of drug-likeness (QED) is 0.668. The number of hydrogen-bond donors (Lipinski definition) is 0. The predicted octanol–water partition coefficient (Wildman–Crippen LogP) is 1.42. The third kappa shape index (κ3) is 0.968. The summed E-state index contributed by atoms with van der Waals surface area (Å²) >= 11 is 0. The third-order valence-corrected chi connectivity index (χ3v) is 2.53. The SMILES string of the molecule is O=Cc1c(C2CC2)nc2cccnn12. The molecule has 1 aliphatic carbocycles. The number of imidazole rings is 1. The van der Waals surface area contributed by atoms with Gasteiger partial charge in [0.1, 0.15) is 5.69 Å². The van der Waals surface area contributed by atoms with Crippen LogP contribution in [0.2, 0.25) is 0 Å². The fourth-order valence-electron chi connectivity index (χ4n) is 1.69. The average Bonchev–Trinajstić information content (AvgIpc) is 2.99. The van der Waals surface area contributed by atoms with Crippen molar-refractivity contribution in [3.05, 3.63) is 29.7 Å². The highest BCUT2D eigenvalue weighted by atomic mass is 16.1. The van der Waals surface area contributed by atoms with Gasteiger partial charge in [0.05, 0.1) is 5.69 Å². The Morgan fingerprint density at radius 1 is 1.50 bits per heavy atom. The van der Waals surface area contributed by atoms with E-state index in [4.69, 9.17) is 0 Å². The fraction of sp³-hybridized carbons (Fsp3) is 0.300.